The average Bonchev–Trinajstić information content (AvgIpc) is 2.90. The summed E-state index contributed by atoms with van der Waals surface area (Å²) >= 11 is 0. The Bertz CT molecular complexity index is 796. The van der Waals surface area contributed by atoms with Crippen molar-refractivity contribution in [2.24, 2.45) is 0 Å². The fourth-order valence-electron chi connectivity index (χ4n) is 2.56. The molecule has 0 radical (unpaired) electrons. The van der Waals surface area contributed by atoms with E-state index in [4.69, 9.17) is 9.84 Å². The number of aryl methyl sites for hydroxylation is 1. The zero-order valence-corrected chi connectivity index (χ0v) is 12.7. The third-order valence-corrected chi connectivity index (χ3v) is 3.58. The van der Waals surface area contributed by atoms with Crippen LogP contribution in [-0.2, 0) is 17.8 Å². The third kappa shape index (κ3) is 3.69. The fourth-order valence-corrected chi connectivity index (χ4v) is 2.56. The lowest BCUT2D eigenvalue weighted by Gasteiger charge is -2.08. The quantitative estimate of drug-likeness (QED) is 0.681. The molecule has 0 unspecified atom stereocenters. The molecule has 5 nitrogen and oxygen atoms in total. The fraction of sp³-hybridized carbons (Fsp3) is 0.222. The number of carboxylic acid groups (broad SMARTS) is 1. The van der Waals surface area contributed by atoms with Gasteiger partial charge >= 0.3 is 5.97 Å². The summed E-state index contributed by atoms with van der Waals surface area (Å²) in [7, 11) is 0. The normalized spacial score (nSPS) is 10.8. The van der Waals surface area contributed by atoms with E-state index in [9.17, 15) is 4.79 Å². The zero-order valence-electron chi connectivity index (χ0n) is 12.7. The maximum Gasteiger partial charge on any atom is 0.323 e. The summed E-state index contributed by atoms with van der Waals surface area (Å²) in [5, 5.41) is 9.12. The van der Waals surface area contributed by atoms with E-state index in [1.165, 1.54) is 0 Å². The summed E-state index contributed by atoms with van der Waals surface area (Å²) in [5.74, 6) is 0.756. The number of fused-ring (bicyclic) bond motifs is 1. The molecular formula is C18H18N2O3. The van der Waals surface area contributed by atoms with E-state index in [1.807, 2.05) is 54.6 Å². The molecule has 0 atom stereocenters. The Kier molecular flexibility index (Phi) is 4.57. The van der Waals surface area contributed by atoms with Crippen molar-refractivity contribution in [1.29, 1.82) is 0 Å². The minimum atomic E-state index is -0.866. The van der Waals surface area contributed by atoms with Gasteiger partial charge in [-0.05, 0) is 30.7 Å². The second kappa shape index (κ2) is 6.96. The molecule has 3 aromatic rings. The lowest BCUT2D eigenvalue weighted by atomic mass is 10.3. The minimum Gasteiger partial charge on any atom is -0.494 e. The Labute approximate surface area is 134 Å². The molecule has 0 bridgehead atoms. The van der Waals surface area contributed by atoms with Crippen LogP contribution in [0.1, 0.15) is 12.2 Å². The number of carboxylic acids is 1. The van der Waals surface area contributed by atoms with Gasteiger partial charge in [0.2, 0.25) is 0 Å². The number of aromatic nitrogens is 2. The molecule has 0 aliphatic rings. The molecule has 0 aliphatic heterocycles. The number of aliphatic carboxylic acids is 1. The van der Waals surface area contributed by atoms with E-state index in [0.29, 0.717) is 13.0 Å². The van der Waals surface area contributed by atoms with E-state index in [-0.39, 0.29) is 6.54 Å². The number of para-hydroxylation sites is 3. The number of imidazole rings is 1. The summed E-state index contributed by atoms with van der Waals surface area (Å²) in [6.07, 6.45) is 1.45. The van der Waals surface area contributed by atoms with Gasteiger partial charge in [0, 0.05) is 6.42 Å². The highest BCUT2D eigenvalue weighted by Crippen LogP contribution is 2.17. The van der Waals surface area contributed by atoms with E-state index in [0.717, 1.165) is 29.0 Å². The van der Waals surface area contributed by atoms with Crippen LogP contribution in [0.25, 0.3) is 11.0 Å². The molecule has 5 heteroatoms. The van der Waals surface area contributed by atoms with Gasteiger partial charge in [0.1, 0.15) is 18.1 Å². The Morgan fingerprint density at radius 3 is 2.61 bits per heavy atom. The van der Waals surface area contributed by atoms with Gasteiger partial charge in [0.05, 0.1) is 17.6 Å². The predicted molar refractivity (Wildman–Crippen MR) is 87.6 cm³/mol. The summed E-state index contributed by atoms with van der Waals surface area (Å²) in [4.78, 5) is 15.7. The zero-order chi connectivity index (χ0) is 16.1. The van der Waals surface area contributed by atoms with Crippen molar-refractivity contribution in [3.05, 3.63) is 60.4 Å². The molecule has 0 spiro atoms. The van der Waals surface area contributed by atoms with Crippen LogP contribution in [0.15, 0.2) is 54.6 Å². The van der Waals surface area contributed by atoms with Crippen LogP contribution in [0, 0.1) is 0 Å². The highest BCUT2D eigenvalue weighted by Gasteiger charge is 2.12. The van der Waals surface area contributed by atoms with Crippen LogP contribution in [0.5, 0.6) is 5.75 Å². The smallest absolute Gasteiger partial charge is 0.323 e. The summed E-state index contributed by atoms with van der Waals surface area (Å²) < 4.78 is 7.43. The van der Waals surface area contributed by atoms with Gasteiger partial charge in [-0.2, -0.15) is 0 Å². The highest BCUT2D eigenvalue weighted by atomic mass is 16.5. The standard InChI is InChI=1S/C18H18N2O3/c21-18(22)13-20-16-10-5-4-9-15(16)19-17(20)11-6-12-23-14-7-2-1-3-8-14/h1-5,7-10H,6,11-13H2,(H,21,22). The molecule has 0 amide bonds. The summed E-state index contributed by atoms with van der Waals surface area (Å²) in [6.45, 7) is 0.496. The van der Waals surface area contributed by atoms with Crippen molar-refractivity contribution in [2.45, 2.75) is 19.4 Å². The molecule has 1 N–H and O–H groups in total. The number of nitrogens with zero attached hydrogens (tertiary/aromatic N) is 2. The van der Waals surface area contributed by atoms with Crippen LogP contribution in [0.2, 0.25) is 0 Å². The van der Waals surface area contributed by atoms with E-state index < -0.39 is 5.97 Å². The number of hydrogen-bond donors (Lipinski definition) is 1. The number of hydrogen-bond acceptors (Lipinski definition) is 3. The summed E-state index contributed by atoms with van der Waals surface area (Å²) in [6, 6.07) is 17.2. The molecule has 1 aromatic heterocycles. The van der Waals surface area contributed by atoms with Crippen LogP contribution in [0.3, 0.4) is 0 Å². The van der Waals surface area contributed by atoms with Gasteiger partial charge in [-0.1, -0.05) is 30.3 Å². The van der Waals surface area contributed by atoms with E-state index in [2.05, 4.69) is 4.98 Å². The SMILES string of the molecule is O=C(O)Cn1c(CCCOc2ccccc2)nc2ccccc21. The second-order valence-corrected chi connectivity index (χ2v) is 5.26. The molecule has 23 heavy (non-hydrogen) atoms. The van der Waals surface area contributed by atoms with Crippen molar-refractivity contribution in [3.8, 4) is 5.75 Å². The molecule has 0 saturated heterocycles. The van der Waals surface area contributed by atoms with Gasteiger partial charge in [0.15, 0.2) is 0 Å². The van der Waals surface area contributed by atoms with Gasteiger partial charge < -0.3 is 14.4 Å². The first kappa shape index (κ1) is 15.1. The van der Waals surface area contributed by atoms with Crippen molar-refractivity contribution in [1.82, 2.24) is 9.55 Å². The number of ether oxygens (including phenoxy) is 1. The van der Waals surface area contributed by atoms with Gasteiger partial charge in [-0.3, -0.25) is 4.79 Å². The molecule has 118 valence electrons. The van der Waals surface area contributed by atoms with Crippen LogP contribution >= 0.6 is 0 Å². The predicted octanol–water partition coefficient (Wildman–Crippen LogP) is 3.13. The Balaban J connectivity index is 1.68. The Hall–Kier alpha value is -2.82. The van der Waals surface area contributed by atoms with Crippen LogP contribution in [-0.4, -0.2) is 27.2 Å². The van der Waals surface area contributed by atoms with Gasteiger partial charge in [-0.25, -0.2) is 4.98 Å². The number of benzene rings is 2. The molecule has 3 rings (SSSR count). The largest absolute Gasteiger partial charge is 0.494 e. The molecular weight excluding hydrogens is 292 g/mol. The molecule has 1 heterocycles. The second-order valence-electron chi connectivity index (χ2n) is 5.26. The molecule has 0 aliphatic carbocycles. The Morgan fingerprint density at radius 1 is 1.09 bits per heavy atom. The monoisotopic (exact) mass is 310 g/mol. The van der Waals surface area contributed by atoms with Crippen molar-refractivity contribution >= 4 is 17.0 Å². The highest BCUT2D eigenvalue weighted by molar-refractivity contribution is 5.78. The average molecular weight is 310 g/mol. The first-order chi connectivity index (χ1) is 11.2. The van der Waals surface area contributed by atoms with Crippen molar-refractivity contribution < 1.29 is 14.6 Å². The first-order valence-corrected chi connectivity index (χ1v) is 7.58. The van der Waals surface area contributed by atoms with Crippen molar-refractivity contribution in [2.75, 3.05) is 6.61 Å². The number of carbonyl (C=O) groups is 1. The van der Waals surface area contributed by atoms with Gasteiger partial charge in [-0.15, -0.1) is 0 Å². The number of rotatable bonds is 7. The van der Waals surface area contributed by atoms with Crippen LogP contribution < -0.4 is 4.74 Å². The van der Waals surface area contributed by atoms with E-state index >= 15 is 0 Å². The minimum absolute atomic E-state index is 0.0740. The topological polar surface area (TPSA) is 64.3 Å². The van der Waals surface area contributed by atoms with Gasteiger partial charge in [0.25, 0.3) is 0 Å². The Morgan fingerprint density at radius 2 is 1.83 bits per heavy atom. The third-order valence-electron chi connectivity index (χ3n) is 3.58. The first-order valence-electron chi connectivity index (χ1n) is 7.58. The lowest BCUT2D eigenvalue weighted by Crippen LogP contribution is -2.12. The molecule has 2 aromatic carbocycles. The maximum atomic E-state index is 11.1. The van der Waals surface area contributed by atoms with Crippen molar-refractivity contribution in [3.63, 3.8) is 0 Å². The maximum absolute atomic E-state index is 11.1. The summed E-state index contributed by atoms with van der Waals surface area (Å²) in [5.41, 5.74) is 1.68. The molecule has 0 fully saturated rings. The van der Waals surface area contributed by atoms with Crippen LogP contribution in [0.4, 0.5) is 0 Å². The lowest BCUT2D eigenvalue weighted by molar-refractivity contribution is -0.137. The van der Waals surface area contributed by atoms with E-state index in [1.54, 1.807) is 4.57 Å². The molecule has 0 saturated carbocycles.